The van der Waals surface area contributed by atoms with Gasteiger partial charge in [-0.05, 0) is 43.7 Å². The van der Waals surface area contributed by atoms with E-state index in [1.165, 1.54) is 0 Å². The Morgan fingerprint density at radius 2 is 1.77 bits per heavy atom. The molecule has 0 aliphatic carbocycles. The number of pyridine rings is 1. The lowest BCUT2D eigenvalue weighted by molar-refractivity contribution is -0.125. The summed E-state index contributed by atoms with van der Waals surface area (Å²) in [7, 11) is 1.60. The van der Waals surface area contributed by atoms with Crippen molar-refractivity contribution in [2.45, 2.75) is 25.8 Å². The van der Waals surface area contributed by atoms with E-state index in [1.54, 1.807) is 36.5 Å². The van der Waals surface area contributed by atoms with Crippen molar-refractivity contribution in [3.8, 4) is 5.75 Å². The van der Waals surface area contributed by atoms with Crippen molar-refractivity contribution in [1.82, 2.24) is 4.98 Å². The number of nitrogens with one attached hydrogen (secondary N) is 1. The highest BCUT2D eigenvalue weighted by atomic mass is 16.5. The molecular formula is C25H25N3O3. The molecule has 1 aliphatic rings. The van der Waals surface area contributed by atoms with Crippen LogP contribution in [0, 0.1) is 12.8 Å². The zero-order chi connectivity index (χ0) is 21.8. The van der Waals surface area contributed by atoms with E-state index in [0.717, 1.165) is 16.8 Å². The summed E-state index contributed by atoms with van der Waals surface area (Å²) < 4.78 is 5.61. The standard InChI is InChI=1S/C25H25N3O3/c1-17-7-9-19(10-8-17)28-23(29)12-11-21(25(30)27-18-13-15-26-16-14-18)24(28)20-5-3-4-6-22(20)31-2/h3-10,13-16,21,24H,11-12H2,1-2H3,(H,26,27,30). The Morgan fingerprint density at radius 1 is 1.06 bits per heavy atom. The molecule has 1 fully saturated rings. The predicted octanol–water partition coefficient (Wildman–Crippen LogP) is 4.52. The maximum Gasteiger partial charge on any atom is 0.229 e. The number of ether oxygens (including phenoxy) is 1. The first-order valence-corrected chi connectivity index (χ1v) is 10.3. The van der Waals surface area contributed by atoms with Crippen LogP contribution in [0.5, 0.6) is 5.75 Å². The fourth-order valence-corrected chi connectivity index (χ4v) is 4.11. The van der Waals surface area contributed by atoms with Crippen LogP contribution in [0.4, 0.5) is 11.4 Å². The highest BCUT2D eigenvalue weighted by Gasteiger charge is 2.42. The Bertz CT molecular complexity index is 1070. The van der Waals surface area contributed by atoms with Gasteiger partial charge in [0, 0.05) is 35.8 Å². The van der Waals surface area contributed by atoms with Gasteiger partial charge >= 0.3 is 0 Å². The van der Waals surface area contributed by atoms with E-state index in [-0.39, 0.29) is 11.8 Å². The molecule has 0 saturated carbocycles. The maximum absolute atomic E-state index is 13.4. The monoisotopic (exact) mass is 415 g/mol. The van der Waals surface area contributed by atoms with Crippen molar-refractivity contribution in [1.29, 1.82) is 0 Å². The largest absolute Gasteiger partial charge is 0.496 e. The molecule has 1 aliphatic heterocycles. The number of rotatable bonds is 5. The normalized spacial score (nSPS) is 18.5. The molecule has 6 nitrogen and oxygen atoms in total. The molecule has 6 heteroatoms. The lowest BCUT2D eigenvalue weighted by atomic mass is 9.82. The number of nitrogens with zero attached hydrogens (tertiary/aromatic N) is 2. The third-order valence-corrected chi connectivity index (χ3v) is 5.65. The molecule has 2 atom stereocenters. The number of hydrogen-bond acceptors (Lipinski definition) is 4. The van der Waals surface area contributed by atoms with Gasteiger partial charge in [0.2, 0.25) is 11.8 Å². The van der Waals surface area contributed by atoms with E-state index in [0.29, 0.717) is 24.3 Å². The first-order chi connectivity index (χ1) is 15.1. The Balaban J connectivity index is 1.78. The highest BCUT2D eigenvalue weighted by molar-refractivity contribution is 6.00. The second-order valence-corrected chi connectivity index (χ2v) is 7.66. The molecule has 2 unspecified atom stereocenters. The second kappa shape index (κ2) is 9.00. The molecule has 2 aromatic carbocycles. The summed E-state index contributed by atoms with van der Waals surface area (Å²) in [5.41, 5.74) is 3.37. The fraction of sp³-hybridized carbons (Fsp3) is 0.240. The number of anilines is 2. The van der Waals surface area contributed by atoms with Crippen molar-refractivity contribution < 1.29 is 14.3 Å². The summed E-state index contributed by atoms with van der Waals surface area (Å²) in [4.78, 5) is 32.3. The summed E-state index contributed by atoms with van der Waals surface area (Å²) in [6.07, 6.45) is 4.03. The maximum atomic E-state index is 13.4. The second-order valence-electron chi connectivity index (χ2n) is 7.66. The Hall–Kier alpha value is -3.67. The van der Waals surface area contributed by atoms with Crippen molar-refractivity contribution in [2.24, 2.45) is 5.92 Å². The van der Waals surface area contributed by atoms with Gasteiger partial charge in [-0.2, -0.15) is 0 Å². The van der Waals surface area contributed by atoms with Gasteiger partial charge in [-0.3, -0.25) is 14.6 Å². The summed E-state index contributed by atoms with van der Waals surface area (Å²) in [5.74, 6) is 0.0731. The smallest absolute Gasteiger partial charge is 0.229 e. The number of aromatic nitrogens is 1. The Kier molecular flexibility index (Phi) is 5.98. The van der Waals surface area contributed by atoms with Crippen LogP contribution in [-0.2, 0) is 9.59 Å². The minimum absolute atomic E-state index is 0.00674. The average molecular weight is 415 g/mol. The first-order valence-electron chi connectivity index (χ1n) is 10.3. The number of carbonyl (C=O) groups excluding carboxylic acids is 2. The van der Waals surface area contributed by atoms with Gasteiger partial charge in [0.1, 0.15) is 5.75 Å². The third-order valence-electron chi connectivity index (χ3n) is 5.65. The van der Waals surface area contributed by atoms with Gasteiger partial charge in [0.25, 0.3) is 0 Å². The molecule has 1 saturated heterocycles. The molecule has 2 heterocycles. The van der Waals surface area contributed by atoms with Gasteiger partial charge in [-0.15, -0.1) is 0 Å². The summed E-state index contributed by atoms with van der Waals surface area (Å²) in [6.45, 7) is 2.00. The van der Waals surface area contributed by atoms with Crippen LogP contribution in [0.15, 0.2) is 73.1 Å². The highest BCUT2D eigenvalue weighted by Crippen LogP contribution is 2.43. The molecule has 3 aromatic rings. The first kappa shape index (κ1) is 20.6. The fourth-order valence-electron chi connectivity index (χ4n) is 4.11. The topological polar surface area (TPSA) is 71.5 Å². The van der Waals surface area contributed by atoms with Crippen LogP contribution >= 0.6 is 0 Å². The van der Waals surface area contributed by atoms with E-state index in [9.17, 15) is 9.59 Å². The number of para-hydroxylation sites is 1. The number of benzene rings is 2. The number of piperidine rings is 1. The minimum Gasteiger partial charge on any atom is -0.496 e. The third kappa shape index (κ3) is 4.28. The molecule has 4 rings (SSSR count). The average Bonchev–Trinajstić information content (AvgIpc) is 2.80. The number of aryl methyl sites for hydroxylation is 1. The summed E-state index contributed by atoms with van der Waals surface area (Å²) in [5, 5.41) is 2.99. The predicted molar refractivity (Wildman–Crippen MR) is 120 cm³/mol. The number of hydrogen-bond donors (Lipinski definition) is 1. The van der Waals surface area contributed by atoms with Crippen molar-refractivity contribution in [3.05, 3.63) is 84.2 Å². The molecule has 0 bridgehead atoms. The van der Waals surface area contributed by atoms with Gasteiger partial charge in [-0.25, -0.2) is 0 Å². The molecule has 0 radical (unpaired) electrons. The minimum atomic E-state index is -0.484. The van der Waals surface area contributed by atoms with Crippen molar-refractivity contribution >= 4 is 23.2 Å². The number of carbonyl (C=O) groups is 2. The van der Waals surface area contributed by atoms with Gasteiger partial charge < -0.3 is 15.0 Å². The van der Waals surface area contributed by atoms with Gasteiger partial charge in [0.15, 0.2) is 0 Å². The van der Waals surface area contributed by atoms with Crippen LogP contribution in [-0.4, -0.2) is 23.9 Å². The molecule has 1 aromatic heterocycles. The summed E-state index contributed by atoms with van der Waals surface area (Å²) >= 11 is 0. The van der Waals surface area contributed by atoms with E-state index in [4.69, 9.17) is 4.74 Å². The zero-order valence-corrected chi connectivity index (χ0v) is 17.6. The van der Waals surface area contributed by atoms with Crippen molar-refractivity contribution in [3.63, 3.8) is 0 Å². The quantitative estimate of drug-likeness (QED) is 0.665. The lowest BCUT2D eigenvalue weighted by Gasteiger charge is -2.41. The van der Waals surface area contributed by atoms with Crippen LogP contribution in [0.25, 0.3) is 0 Å². The number of amides is 2. The lowest BCUT2D eigenvalue weighted by Crippen LogP contribution is -2.47. The molecule has 158 valence electrons. The molecule has 2 amide bonds. The Labute approximate surface area is 181 Å². The Morgan fingerprint density at radius 3 is 2.48 bits per heavy atom. The molecule has 0 spiro atoms. The van der Waals surface area contributed by atoms with E-state index >= 15 is 0 Å². The SMILES string of the molecule is COc1ccccc1C1C(C(=O)Nc2ccncc2)CCC(=O)N1c1ccc(C)cc1. The van der Waals surface area contributed by atoms with Gasteiger partial charge in [-0.1, -0.05) is 35.9 Å². The van der Waals surface area contributed by atoms with Crippen molar-refractivity contribution in [2.75, 3.05) is 17.3 Å². The molecule has 1 N–H and O–H groups in total. The zero-order valence-electron chi connectivity index (χ0n) is 17.6. The summed E-state index contributed by atoms with van der Waals surface area (Å²) in [6, 6.07) is 18.4. The van der Waals surface area contributed by atoms with E-state index in [2.05, 4.69) is 10.3 Å². The molecular weight excluding hydrogens is 390 g/mol. The van der Waals surface area contributed by atoms with E-state index < -0.39 is 12.0 Å². The number of methoxy groups -OCH3 is 1. The van der Waals surface area contributed by atoms with Gasteiger partial charge in [0.05, 0.1) is 19.1 Å². The van der Waals surface area contributed by atoms with Crippen LogP contribution < -0.4 is 15.0 Å². The van der Waals surface area contributed by atoms with Crippen LogP contribution in [0.1, 0.15) is 30.0 Å². The van der Waals surface area contributed by atoms with Crippen LogP contribution in [0.3, 0.4) is 0 Å². The molecule has 31 heavy (non-hydrogen) atoms. The van der Waals surface area contributed by atoms with E-state index in [1.807, 2.05) is 55.5 Å². The van der Waals surface area contributed by atoms with Crippen LogP contribution in [0.2, 0.25) is 0 Å².